The van der Waals surface area contributed by atoms with E-state index >= 15 is 0 Å². The maximum atomic E-state index is 10.9. The Bertz CT molecular complexity index is 846. The zero-order valence-corrected chi connectivity index (χ0v) is 13.6. The highest BCUT2D eigenvalue weighted by Crippen LogP contribution is 2.30. The minimum atomic E-state index is -0.946. The Morgan fingerprint density at radius 3 is 2.68 bits per heavy atom. The fourth-order valence-electron chi connectivity index (χ4n) is 2.16. The number of halogens is 2. The summed E-state index contributed by atoms with van der Waals surface area (Å²) >= 11 is 9.42. The number of nitrogens with one attached hydrogen (secondary N) is 1. The van der Waals surface area contributed by atoms with Crippen molar-refractivity contribution in [2.45, 2.75) is 0 Å². The van der Waals surface area contributed by atoms with Crippen LogP contribution in [-0.4, -0.2) is 27.0 Å². The van der Waals surface area contributed by atoms with Crippen molar-refractivity contribution < 1.29 is 9.90 Å². The second-order valence-electron chi connectivity index (χ2n) is 4.64. The lowest BCUT2D eigenvalue weighted by Crippen LogP contribution is -2.14. The molecular formula is C15H11BrClN3O2. The third-order valence-corrected chi connectivity index (χ3v) is 3.86. The minimum Gasteiger partial charge on any atom is -0.480 e. The summed E-state index contributed by atoms with van der Waals surface area (Å²) in [5.41, 5.74) is 2.25. The number of carboxylic acid groups (broad SMARTS) is 1. The fourth-order valence-corrected chi connectivity index (χ4v) is 2.58. The van der Waals surface area contributed by atoms with Gasteiger partial charge in [-0.1, -0.05) is 39.7 Å². The van der Waals surface area contributed by atoms with Crippen molar-refractivity contribution in [1.29, 1.82) is 0 Å². The molecule has 0 aliphatic heterocycles. The molecule has 0 spiro atoms. The van der Waals surface area contributed by atoms with Crippen molar-refractivity contribution >= 4 is 45.0 Å². The monoisotopic (exact) mass is 379 g/mol. The molecule has 0 fully saturated rings. The van der Waals surface area contributed by atoms with Gasteiger partial charge in [-0.25, -0.2) is 4.98 Å². The van der Waals surface area contributed by atoms with Crippen LogP contribution >= 0.6 is 27.5 Å². The molecule has 2 aromatic heterocycles. The van der Waals surface area contributed by atoms with Crippen LogP contribution in [0.2, 0.25) is 5.02 Å². The number of pyridine rings is 1. The molecule has 1 aromatic carbocycles. The fraction of sp³-hybridized carbons (Fsp3) is 0.0667. The predicted molar refractivity (Wildman–Crippen MR) is 89.5 cm³/mol. The van der Waals surface area contributed by atoms with E-state index in [-0.39, 0.29) is 6.54 Å². The molecule has 0 saturated heterocycles. The van der Waals surface area contributed by atoms with E-state index in [0.717, 1.165) is 10.0 Å². The van der Waals surface area contributed by atoms with Gasteiger partial charge < -0.3 is 10.4 Å². The molecule has 2 heterocycles. The Balaban J connectivity index is 2.16. The predicted octanol–water partition coefficient (Wildman–Crippen LogP) is 3.91. The lowest BCUT2D eigenvalue weighted by Gasteiger charge is -2.07. The molecule has 3 aromatic rings. The molecule has 7 heteroatoms. The average molecular weight is 381 g/mol. The van der Waals surface area contributed by atoms with E-state index in [9.17, 15) is 4.79 Å². The molecular weight excluding hydrogens is 370 g/mol. The zero-order valence-electron chi connectivity index (χ0n) is 11.3. The van der Waals surface area contributed by atoms with Crippen LogP contribution in [0.4, 0.5) is 5.82 Å². The van der Waals surface area contributed by atoms with Crippen LogP contribution in [0.5, 0.6) is 0 Å². The molecule has 3 rings (SSSR count). The van der Waals surface area contributed by atoms with Crippen molar-refractivity contribution in [3.05, 3.63) is 52.1 Å². The molecule has 2 N–H and O–H groups in total. The Hall–Kier alpha value is -2.05. The number of nitrogens with zero attached hydrogens (tertiary/aromatic N) is 2. The third-order valence-electron chi connectivity index (χ3n) is 3.11. The quantitative estimate of drug-likeness (QED) is 0.720. The van der Waals surface area contributed by atoms with Crippen LogP contribution in [-0.2, 0) is 4.79 Å². The van der Waals surface area contributed by atoms with Crippen LogP contribution in [0, 0.1) is 0 Å². The Labute approximate surface area is 139 Å². The summed E-state index contributed by atoms with van der Waals surface area (Å²) in [5.74, 6) is -0.346. The number of hydrogen-bond acceptors (Lipinski definition) is 3. The highest BCUT2D eigenvalue weighted by Gasteiger charge is 2.15. The first kappa shape index (κ1) is 14.9. The molecule has 0 aliphatic carbocycles. The number of carbonyl (C=O) groups is 1. The van der Waals surface area contributed by atoms with Gasteiger partial charge in [-0.05, 0) is 24.3 Å². The van der Waals surface area contributed by atoms with Gasteiger partial charge in [-0.2, -0.15) is 0 Å². The van der Waals surface area contributed by atoms with Gasteiger partial charge in [0.1, 0.15) is 23.7 Å². The zero-order chi connectivity index (χ0) is 15.7. The number of rotatable bonds is 4. The summed E-state index contributed by atoms with van der Waals surface area (Å²) in [7, 11) is 0. The maximum Gasteiger partial charge on any atom is 0.322 e. The maximum absolute atomic E-state index is 10.9. The Kier molecular flexibility index (Phi) is 4.04. The number of fused-ring (bicyclic) bond motifs is 1. The lowest BCUT2D eigenvalue weighted by molar-refractivity contribution is -0.134. The molecule has 0 bridgehead atoms. The van der Waals surface area contributed by atoms with Crippen molar-refractivity contribution in [3.8, 4) is 11.3 Å². The summed E-state index contributed by atoms with van der Waals surface area (Å²) in [4.78, 5) is 15.4. The number of carboxylic acids is 1. The van der Waals surface area contributed by atoms with Crippen LogP contribution < -0.4 is 5.32 Å². The number of benzene rings is 1. The van der Waals surface area contributed by atoms with E-state index < -0.39 is 5.97 Å². The smallest absolute Gasteiger partial charge is 0.322 e. The molecule has 0 atom stereocenters. The van der Waals surface area contributed by atoms with Gasteiger partial charge in [-0.3, -0.25) is 9.20 Å². The van der Waals surface area contributed by atoms with E-state index in [0.29, 0.717) is 22.2 Å². The Morgan fingerprint density at radius 1 is 1.27 bits per heavy atom. The molecule has 0 amide bonds. The van der Waals surface area contributed by atoms with Crippen molar-refractivity contribution in [3.63, 3.8) is 0 Å². The minimum absolute atomic E-state index is 0.205. The van der Waals surface area contributed by atoms with Crippen molar-refractivity contribution in [2.75, 3.05) is 11.9 Å². The van der Waals surface area contributed by atoms with Gasteiger partial charge in [0.2, 0.25) is 0 Å². The lowest BCUT2D eigenvalue weighted by atomic mass is 10.1. The summed E-state index contributed by atoms with van der Waals surface area (Å²) in [6.07, 6.45) is 1.70. The topological polar surface area (TPSA) is 66.6 Å². The van der Waals surface area contributed by atoms with Gasteiger partial charge in [0.25, 0.3) is 0 Å². The van der Waals surface area contributed by atoms with Crippen molar-refractivity contribution in [1.82, 2.24) is 9.38 Å². The molecule has 0 radical (unpaired) electrons. The molecule has 0 unspecified atom stereocenters. The normalized spacial score (nSPS) is 10.8. The van der Waals surface area contributed by atoms with E-state index in [1.54, 1.807) is 22.7 Å². The summed E-state index contributed by atoms with van der Waals surface area (Å²) in [6.45, 7) is -0.205. The highest BCUT2D eigenvalue weighted by atomic mass is 79.9. The second-order valence-corrected chi connectivity index (χ2v) is 5.99. The number of hydrogen-bond donors (Lipinski definition) is 2. The van der Waals surface area contributed by atoms with E-state index in [4.69, 9.17) is 16.7 Å². The number of anilines is 1. The number of imidazole rings is 1. The standard InChI is InChI=1S/C15H11BrClN3O2/c16-10-3-1-9(2-4-10)14-15(18-7-13(21)22)20-8-11(17)5-6-12(20)19-14/h1-6,8,18H,7H2,(H,21,22). The summed E-state index contributed by atoms with van der Waals surface area (Å²) in [6, 6.07) is 11.2. The SMILES string of the molecule is O=C(O)CNc1c(-c2ccc(Br)cc2)nc2ccc(Cl)cn12. The van der Waals surface area contributed by atoms with Gasteiger partial charge >= 0.3 is 5.97 Å². The first-order valence-electron chi connectivity index (χ1n) is 6.44. The van der Waals surface area contributed by atoms with E-state index in [1.165, 1.54) is 0 Å². The molecule has 0 saturated carbocycles. The van der Waals surface area contributed by atoms with E-state index in [1.807, 2.05) is 24.3 Å². The largest absolute Gasteiger partial charge is 0.480 e. The van der Waals surface area contributed by atoms with Gasteiger partial charge in [0.05, 0.1) is 5.02 Å². The molecule has 22 heavy (non-hydrogen) atoms. The summed E-state index contributed by atoms with van der Waals surface area (Å²) < 4.78 is 2.71. The number of aliphatic carboxylic acids is 1. The van der Waals surface area contributed by atoms with Crippen LogP contribution in [0.15, 0.2) is 47.1 Å². The van der Waals surface area contributed by atoms with Crippen molar-refractivity contribution in [2.24, 2.45) is 0 Å². The second kappa shape index (κ2) is 5.98. The summed E-state index contributed by atoms with van der Waals surface area (Å²) in [5, 5.41) is 12.4. The first-order valence-corrected chi connectivity index (χ1v) is 7.61. The van der Waals surface area contributed by atoms with Gasteiger partial charge in [0.15, 0.2) is 0 Å². The third kappa shape index (κ3) is 2.93. The molecule has 0 aliphatic rings. The average Bonchev–Trinajstić information content (AvgIpc) is 2.83. The first-order chi connectivity index (χ1) is 10.5. The van der Waals surface area contributed by atoms with Crippen LogP contribution in [0.3, 0.4) is 0 Å². The van der Waals surface area contributed by atoms with Crippen LogP contribution in [0.25, 0.3) is 16.9 Å². The highest BCUT2D eigenvalue weighted by molar-refractivity contribution is 9.10. The number of aromatic nitrogens is 2. The molecule has 112 valence electrons. The Morgan fingerprint density at radius 2 is 2.00 bits per heavy atom. The van der Waals surface area contributed by atoms with E-state index in [2.05, 4.69) is 26.2 Å². The van der Waals surface area contributed by atoms with Gasteiger partial charge in [0, 0.05) is 16.2 Å². The molecule has 5 nitrogen and oxygen atoms in total. The van der Waals surface area contributed by atoms with Crippen LogP contribution in [0.1, 0.15) is 0 Å². The van der Waals surface area contributed by atoms with Gasteiger partial charge in [-0.15, -0.1) is 0 Å².